The van der Waals surface area contributed by atoms with Crippen LogP contribution in [0.25, 0.3) is 0 Å². The van der Waals surface area contributed by atoms with Crippen LogP contribution < -0.4 is 15.6 Å². The number of hydrazine groups is 1. The number of hydrogen-bond acceptors (Lipinski definition) is 5. The zero-order chi connectivity index (χ0) is 17.4. The molecule has 0 aliphatic carbocycles. The molecule has 0 saturated heterocycles. The second kappa shape index (κ2) is 9.29. The predicted octanol–water partition coefficient (Wildman–Crippen LogP) is 2.74. The highest BCUT2D eigenvalue weighted by atomic mass is 32.2. The Kier molecular flexibility index (Phi) is 7.07. The second-order valence-corrected chi connectivity index (χ2v) is 6.82. The fourth-order valence-electron chi connectivity index (χ4n) is 1.69. The van der Waals surface area contributed by atoms with Gasteiger partial charge < -0.3 is 4.74 Å². The Morgan fingerprint density at radius 2 is 2.04 bits per heavy atom. The van der Waals surface area contributed by atoms with Gasteiger partial charge in [-0.2, -0.15) is 0 Å². The van der Waals surface area contributed by atoms with E-state index in [-0.39, 0.29) is 17.4 Å². The molecule has 2 aromatic rings. The van der Waals surface area contributed by atoms with E-state index < -0.39 is 17.8 Å². The number of ether oxygens (including phenoxy) is 1. The van der Waals surface area contributed by atoms with Crippen LogP contribution in [-0.2, 0) is 15.3 Å². The van der Waals surface area contributed by atoms with Crippen LogP contribution in [0.1, 0.15) is 11.8 Å². The number of carbonyl (C=O) groups excluding carboxylic acids is 2. The van der Waals surface area contributed by atoms with Gasteiger partial charge in [0.2, 0.25) is 5.91 Å². The molecular weight excluding hydrogens is 351 g/mol. The molecule has 0 aliphatic rings. The van der Waals surface area contributed by atoms with Crippen LogP contribution in [0.4, 0.5) is 4.39 Å². The maximum atomic E-state index is 13.5. The quantitative estimate of drug-likeness (QED) is 0.738. The molecule has 24 heavy (non-hydrogen) atoms. The molecule has 0 radical (unpaired) electrons. The summed E-state index contributed by atoms with van der Waals surface area (Å²) >= 11 is 3.08. The van der Waals surface area contributed by atoms with Crippen molar-refractivity contribution in [2.75, 3.05) is 5.75 Å². The molecule has 0 aliphatic heterocycles. The molecule has 0 fully saturated rings. The lowest BCUT2D eigenvalue weighted by atomic mass is 10.3. The Hall–Kier alpha value is -2.06. The predicted molar refractivity (Wildman–Crippen MR) is 93.3 cm³/mol. The molecule has 0 unspecified atom stereocenters. The molecule has 2 N–H and O–H groups in total. The van der Waals surface area contributed by atoms with Crippen molar-refractivity contribution in [3.05, 3.63) is 52.5 Å². The first-order chi connectivity index (χ1) is 11.6. The third kappa shape index (κ3) is 5.86. The first-order valence-electron chi connectivity index (χ1n) is 7.16. The first kappa shape index (κ1) is 18.3. The summed E-state index contributed by atoms with van der Waals surface area (Å²) in [5.41, 5.74) is 4.58. The van der Waals surface area contributed by atoms with Crippen molar-refractivity contribution in [1.82, 2.24) is 10.9 Å². The van der Waals surface area contributed by atoms with Gasteiger partial charge in [0, 0.05) is 10.6 Å². The lowest BCUT2D eigenvalue weighted by Gasteiger charge is -2.15. The number of rotatable bonds is 7. The zero-order valence-electron chi connectivity index (χ0n) is 13.0. The summed E-state index contributed by atoms with van der Waals surface area (Å²) in [5.74, 6) is -0.478. The summed E-state index contributed by atoms with van der Waals surface area (Å²) in [6, 6.07) is 9.76. The number of thioether (sulfide) groups is 1. The van der Waals surface area contributed by atoms with Crippen molar-refractivity contribution >= 4 is 34.9 Å². The highest BCUT2D eigenvalue weighted by Crippen LogP contribution is 2.17. The van der Waals surface area contributed by atoms with Crippen molar-refractivity contribution in [1.29, 1.82) is 0 Å². The van der Waals surface area contributed by atoms with E-state index in [4.69, 9.17) is 4.74 Å². The third-order valence-corrected chi connectivity index (χ3v) is 4.93. The van der Waals surface area contributed by atoms with E-state index in [0.29, 0.717) is 0 Å². The molecule has 2 rings (SSSR count). The molecule has 128 valence electrons. The van der Waals surface area contributed by atoms with E-state index in [2.05, 4.69) is 10.9 Å². The number of nitrogens with one attached hydrogen (secondary N) is 2. The lowest BCUT2D eigenvalue weighted by Crippen LogP contribution is -2.47. The van der Waals surface area contributed by atoms with Crippen molar-refractivity contribution < 1.29 is 18.7 Å². The number of hydrogen-bond donors (Lipinski definition) is 2. The summed E-state index contributed by atoms with van der Waals surface area (Å²) in [5, 5.41) is 1.98. The Balaban J connectivity index is 1.68. The number of benzene rings is 1. The van der Waals surface area contributed by atoms with Gasteiger partial charge in [0.1, 0.15) is 0 Å². The van der Waals surface area contributed by atoms with Gasteiger partial charge in [-0.25, -0.2) is 4.39 Å². The molecule has 0 spiro atoms. The maximum Gasteiger partial charge on any atom is 0.279 e. The number of amides is 2. The summed E-state index contributed by atoms with van der Waals surface area (Å²) < 4.78 is 18.7. The van der Waals surface area contributed by atoms with E-state index in [9.17, 15) is 14.0 Å². The summed E-state index contributed by atoms with van der Waals surface area (Å²) in [4.78, 5) is 24.7. The van der Waals surface area contributed by atoms with Gasteiger partial charge >= 0.3 is 0 Å². The van der Waals surface area contributed by atoms with Crippen LogP contribution in [0.2, 0.25) is 0 Å². The Labute approximate surface area is 147 Å². The Bertz CT molecular complexity index is 680. The van der Waals surface area contributed by atoms with Gasteiger partial charge in [0.25, 0.3) is 5.91 Å². The largest absolute Gasteiger partial charge is 0.478 e. The number of thiophene rings is 1. The minimum Gasteiger partial charge on any atom is -0.478 e. The summed E-state index contributed by atoms with van der Waals surface area (Å²) in [7, 11) is 0. The monoisotopic (exact) mass is 368 g/mol. The average molecular weight is 368 g/mol. The highest BCUT2D eigenvalue weighted by Gasteiger charge is 2.17. The van der Waals surface area contributed by atoms with Gasteiger partial charge in [-0.15, -0.1) is 23.1 Å². The zero-order valence-corrected chi connectivity index (χ0v) is 14.6. The molecule has 5 nitrogen and oxygen atoms in total. The van der Waals surface area contributed by atoms with Gasteiger partial charge in [0.15, 0.2) is 17.7 Å². The molecule has 1 aromatic carbocycles. The van der Waals surface area contributed by atoms with Crippen LogP contribution >= 0.6 is 23.1 Å². The van der Waals surface area contributed by atoms with Crippen molar-refractivity contribution in [3.8, 4) is 5.75 Å². The Morgan fingerprint density at radius 1 is 1.25 bits per heavy atom. The SMILES string of the molecule is C[C@H](Oc1ccccc1F)C(=O)NNC(=O)CSCc1cccs1. The number of carbonyl (C=O) groups is 2. The van der Waals surface area contributed by atoms with Gasteiger partial charge in [0.05, 0.1) is 5.75 Å². The van der Waals surface area contributed by atoms with Gasteiger partial charge in [-0.1, -0.05) is 18.2 Å². The standard InChI is InChI=1S/C16H17FN2O3S2/c1-11(22-14-7-3-2-6-13(14)17)16(21)19-18-15(20)10-23-9-12-5-4-8-24-12/h2-8,11H,9-10H2,1H3,(H,18,20)(H,19,21)/t11-/m0/s1. The normalized spacial score (nSPS) is 11.6. The number of halogens is 1. The van der Waals surface area contributed by atoms with E-state index in [1.165, 1.54) is 41.8 Å². The fourth-order valence-corrected chi connectivity index (χ4v) is 3.36. The van der Waals surface area contributed by atoms with E-state index in [1.807, 2.05) is 17.5 Å². The van der Waals surface area contributed by atoms with Crippen LogP contribution in [0, 0.1) is 5.82 Å². The average Bonchev–Trinajstić information content (AvgIpc) is 3.08. The molecule has 1 heterocycles. The smallest absolute Gasteiger partial charge is 0.279 e. The first-order valence-corrected chi connectivity index (χ1v) is 9.19. The van der Waals surface area contributed by atoms with Crippen LogP contribution in [0.3, 0.4) is 0 Å². The second-order valence-electron chi connectivity index (χ2n) is 4.80. The highest BCUT2D eigenvalue weighted by molar-refractivity contribution is 7.99. The topological polar surface area (TPSA) is 67.4 Å². The lowest BCUT2D eigenvalue weighted by molar-refractivity contribution is -0.132. The summed E-state index contributed by atoms with van der Waals surface area (Å²) in [6.45, 7) is 1.47. The fraction of sp³-hybridized carbons (Fsp3) is 0.250. The van der Waals surface area contributed by atoms with E-state index in [0.717, 1.165) is 5.75 Å². The molecule has 2 amide bonds. The van der Waals surface area contributed by atoms with E-state index in [1.54, 1.807) is 17.4 Å². The molecule has 0 bridgehead atoms. The maximum absolute atomic E-state index is 13.5. The van der Waals surface area contributed by atoms with Gasteiger partial charge in [-0.05, 0) is 30.5 Å². The Morgan fingerprint density at radius 3 is 2.75 bits per heavy atom. The van der Waals surface area contributed by atoms with Crippen molar-refractivity contribution in [2.45, 2.75) is 18.8 Å². The molecular formula is C16H17FN2O3S2. The summed E-state index contributed by atoms with van der Waals surface area (Å²) in [6.07, 6.45) is -0.944. The molecule has 8 heteroatoms. The van der Waals surface area contributed by atoms with Crippen molar-refractivity contribution in [3.63, 3.8) is 0 Å². The molecule has 1 aromatic heterocycles. The minimum absolute atomic E-state index is 0.0158. The van der Waals surface area contributed by atoms with Crippen LogP contribution in [0.15, 0.2) is 41.8 Å². The van der Waals surface area contributed by atoms with Crippen LogP contribution in [0.5, 0.6) is 5.75 Å². The molecule has 0 saturated carbocycles. The van der Waals surface area contributed by atoms with E-state index >= 15 is 0 Å². The van der Waals surface area contributed by atoms with Gasteiger partial charge in [-0.3, -0.25) is 20.4 Å². The molecule has 1 atom stereocenters. The number of para-hydroxylation sites is 1. The minimum atomic E-state index is -0.944. The van der Waals surface area contributed by atoms with Crippen molar-refractivity contribution in [2.24, 2.45) is 0 Å². The third-order valence-electron chi connectivity index (χ3n) is 2.89. The van der Waals surface area contributed by atoms with Crippen LogP contribution in [-0.4, -0.2) is 23.7 Å².